The van der Waals surface area contributed by atoms with E-state index in [9.17, 15) is 4.79 Å². The zero-order chi connectivity index (χ0) is 18.7. The highest BCUT2D eigenvalue weighted by Crippen LogP contribution is 2.32. The van der Waals surface area contributed by atoms with Gasteiger partial charge in [0, 0.05) is 6.04 Å². The van der Waals surface area contributed by atoms with Crippen LogP contribution in [0.3, 0.4) is 0 Å². The fourth-order valence-corrected chi connectivity index (χ4v) is 3.10. The van der Waals surface area contributed by atoms with Crippen molar-refractivity contribution < 1.29 is 9.53 Å². The van der Waals surface area contributed by atoms with E-state index < -0.39 is 5.97 Å². The van der Waals surface area contributed by atoms with Gasteiger partial charge in [-0.15, -0.1) is 0 Å². The molecule has 0 bridgehead atoms. The van der Waals surface area contributed by atoms with Gasteiger partial charge in [0.2, 0.25) is 0 Å². The van der Waals surface area contributed by atoms with Crippen LogP contribution >= 0.6 is 0 Å². The van der Waals surface area contributed by atoms with E-state index in [0.29, 0.717) is 29.2 Å². The Kier molecular flexibility index (Phi) is 5.40. The van der Waals surface area contributed by atoms with E-state index in [1.807, 2.05) is 28.8 Å². The fraction of sp³-hybridized carbons (Fsp3) is 0.450. The fourth-order valence-electron chi connectivity index (χ4n) is 3.10. The molecule has 1 unspecified atom stereocenters. The number of carbonyl (C=O) groups is 1. The van der Waals surface area contributed by atoms with Crippen molar-refractivity contribution in [2.45, 2.75) is 52.5 Å². The van der Waals surface area contributed by atoms with Crippen LogP contribution in [0.1, 0.15) is 62.9 Å². The molecular formula is C20H26N4O2. The summed E-state index contributed by atoms with van der Waals surface area (Å²) in [5.74, 6) is -0.0413. The Labute approximate surface area is 153 Å². The summed E-state index contributed by atoms with van der Waals surface area (Å²) >= 11 is 0. The highest BCUT2D eigenvalue weighted by atomic mass is 16.5. The lowest BCUT2D eigenvalue weighted by molar-refractivity contribution is 0.0501. The van der Waals surface area contributed by atoms with Gasteiger partial charge in [0.1, 0.15) is 16.9 Å². The molecule has 3 aromatic rings. The second kappa shape index (κ2) is 7.72. The quantitative estimate of drug-likeness (QED) is 0.499. The standard InChI is InChI=1S/C20H26N4O2/c1-4-6-9-12-26-20(25)16-17-19(24(18(16)21)13(3)5-2)23-15-11-8-7-10-14(15)22-17/h7-8,10-11,13H,4-6,9,12,21H2,1-3H3. The first kappa shape index (κ1) is 18.2. The zero-order valence-corrected chi connectivity index (χ0v) is 15.7. The molecule has 0 spiro atoms. The Balaban J connectivity index is 2.13. The third kappa shape index (κ3) is 3.23. The number of hydrogen-bond acceptors (Lipinski definition) is 5. The maximum absolute atomic E-state index is 12.7. The van der Waals surface area contributed by atoms with Crippen molar-refractivity contribution in [1.29, 1.82) is 0 Å². The summed E-state index contributed by atoms with van der Waals surface area (Å²) in [4.78, 5) is 22.1. The number of nitrogens with zero attached hydrogens (tertiary/aromatic N) is 3. The highest BCUT2D eigenvalue weighted by Gasteiger charge is 2.26. The van der Waals surface area contributed by atoms with Crippen LogP contribution in [0.15, 0.2) is 24.3 Å². The number of hydrogen-bond donors (Lipinski definition) is 1. The molecule has 138 valence electrons. The molecule has 0 radical (unpaired) electrons. The highest BCUT2D eigenvalue weighted by molar-refractivity contribution is 6.08. The predicted octanol–water partition coefficient (Wildman–Crippen LogP) is 4.48. The minimum Gasteiger partial charge on any atom is -0.462 e. The number of anilines is 1. The Morgan fingerprint density at radius 2 is 1.88 bits per heavy atom. The number of carbonyl (C=O) groups excluding carboxylic acids is 1. The van der Waals surface area contributed by atoms with Crippen LogP contribution in [0.25, 0.3) is 22.2 Å². The van der Waals surface area contributed by atoms with Crippen LogP contribution in [-0.4, -0.2) is 27.1 Å². The first-order chi connectivity index (χ1) is 12.6. The van der Waals surface area contributed by atoms with Gasteiger partial charge in [0.15, 0.2) is 5.65 Å². The van der Waals surface area contributed by atoms with Gasteiger partial charge in [0.25, 0.3) is 0 Å². The van der Waals surface area contributed by atoms with Crippen LogP contribution in [0.2, 0.25) is 0 Å². The third-order valence-electron chi connectivity index (χ3n) is 4.75. The number of benzene rings is 1. The SMILES string of the molecule is CCCCCOC(=O)c1c(N)n(C(C)CC)c2nc3ccccc3nc12. The van der Waals surface area contributed by atoms with Gasteiger partial charge < -0.3 is 15.0 Å². The third-order valence-corrected chi connectivity index (χ3v) is 4.75. The number of ether oxygens (including phenoxy) is 1. The maximum Gasteiger partial charge on any atom is 0.344 e. The molecule has 0 aliphatic carbocycles. The zero-order valence-electron chi connectivity index (χ0n) is 15.7. The minimum absolute atomic E-state index is 0.106. The molecule has 0 aliphatic rings. The summed E-state index contributed by atoms with van der Waals surface area (Å²) < 4.78 is 7.36. The molecule has 0 saturated heterocycles. The Morgan fingerprint density at radius 1 is 1.19 bits per heavy atom. The number of nitrogen functional groups attached to an aromatic ring is 1. The lowest BCUT2D eigenvalue weighted by atomic mass is 10.2. The lowest BCUT2D eigenvalue weighted by Gasteiger charge is -2.14. The molecule has 0 fully saturated rings. The average Bonchev–Trinajstić information content (AvgIpc) is 2.93. The second-order valence-corrected chi connectivity index (χ2v) is 6.62. The summed E-state index contributed by atoms with van der Waals surface area (Å²) in [5, 5.41) is 0. The van der Waals surface area contributed by atoms with Crippen molar-refractivity contribution in [3.8, 4) is 0 Å². The van der Waals surface area contributed by atoms with Crippen LogP contribution < -0.4 is 5.73 Å². The van der Waals surface area contributed by atoms with Gasteiger partial charge in [-0.05, 0) is 31.9 Å². The van der Waals surface area contributed by atoms with Crippen LogP contribution in [0, 0.1) is 0 Å². The number of aromatic nitrogens is 3. The summed E-state index contributed by atoms with van der Waals surface area (Å²) in [6, 6.07) is 7.73. The van der Waals surface area contributed by atoms with E-state index in [-0.39, 0.29) is 6.04 Å². The molecule has 6 nitrogen and oxygen atoms in total. The van der Waals surface area contributed by atoms with E-state index >= 15 is 0 Å². The van der Waals surface area contributed by atoms with Crippen molar-refractivity contribution in [1.82, 2.24) is 14.5 Å². The first-order valence-corrected chi connectivity index (χ1v) is 9.31. The normalized spacial score (nSPS) is 12.6. The largest absolute Gasteiger partial charge is 0.462 e. The number of fused-ring (bicyclic) bond motifs is 2. The molecule has 0 amide bonds. The monoisotopic (exact) mass is 354 g/mol. The van der Waals surface area contributed by atoms with Crippen molar-refractivity contribution in [2.24, 2.45) is 0 Å². The number of nitrogens with two attached hydrogens (primary N) is 1. The maximum atomic E-state index is 12.7. The summed E-state index contributed by atoms with van der Waals surface area (Å²) in [6.07, 6.45) is 3.82. The Hall–Kier alpha value is -2.63. The molecular weight excluding hydrogens is 328 g/mol. The van der Waals surface area contributed by atoms with E-state index in [1.165, 1.54) is 0 Å². The number of para-hydroxylation sites is 2. The number of unbranched alkanes of at least 4 members (excludes halogenated alkanes) is 2. The molecule has 0 aliphatic heterocycles. The number of rotatable bonds is 7. The van der Waals surface area contributed by atoms with Gasteiger partial charge >= 0.3 is 5.97 Å². The molecule has 0 saturated carbocycles. The summed E-state index contributed by atoms with van der Waals surface area (Å²) in [7, 11) is 0. The van der Waals surface area contributed by atoms with E-state index in [2.05, 4.69) is 25.8 Å². The molecule has 3 rings (SSSR count). The molecule has 2 aromatic heterocycles. The van der Waals surface area contributed by atoms with Gasteiger partial charge in [-0.25, -0.2) is 14.8 Å². The molecule has 26 heavy (non-hydrogen) atoms. The molecule has 1 atom stereocenters. The Bertz CT molecular complexity index is 932. The smallest absolute Gasteiger partial charge is 0.344 e. The lowest BCUT2D eigenvalue weighted by Crippen LogP contribution is -2.12. The van der Waals surface area contributed by atoms with E-state index in [4.69, 9.17) is 15.5 Å². The summed E-state index contributed by atoms with van der Waals surface area (Å²) in [6.45, 7) is 6.64. The topological polar surface area (TPSA) is 83.0 Å². The Morgan fingerprint density at radius 3 is 2.54 bits per heavy atom. The molecule has 6 heteroatoms. The van der Waals surface area contributed by atoms with Crippen LogP contribution in [0.5, 0.6) is 0 Å². The van der Waals surface area contributed by atoms with E-state index in [1.54, 1.807) is 0 Å². The molecule has 1 aromatic carbocycles. The van der Waals surface area contributed by atoms with E-state index in [0.717, 1.165) is 36.7 Å². The summed E-state index contributed by atoms with van der Waals surface area (Å²) in [5.41, 5.74) is 9.37. The van der Waals surface area contributed by atoms with Gasteiger partial charge in [-0.3, -0.25) is 0 Å². The van der Waals surface area contributed by atoms with Crippen molar-refractivity contribution in [3.63, 3.8) is 0 Å². The molecule has 2 N–H and O–H groups in total. The van der Waals surface area contributed by atoms with Crippen LogP contribution in [0.4, 0.5) is 5.82 Å². The van der Waals surface area contributed by atoms with Crippen molar-refractivity contribution in [2.75, 3.05) is 12.3 Å². The van der Waals surface area contributed by atoms with Gasteiger partial charge in [-0.2, -0.15) is 0 Å². The van der Waals surface area contributed by atoms with Gasteiger partial charge in [-0.1, -0.05) is 38.8 Å². The minimum atomic E-state index is -0.421. The number of esters is 1. The molecule has 2 heterocycles. The van der Waals surface area contributed by atoms with Crippen molar-refractivity contribution >= 4 is 34.0 Å². The van der Waals surface area contributed by atoms with Crippen molar-refractivity contribution in [3.05, 3.63) is 29.8 Å². The van der Waals surface area contributed by atoms with Crippen LogP contribution in [-0.2, 0) is 4.74 Å². The first-order valence-electron chi connectivity index (χ1n) is 9.31. The van der Waals surface area contributed by atoms with Gasteiger partial charge in [0.05, 0.1) is 17.6 Å². The second-order valence-electron chi connectivity index (χ2n) is 6.62. The average molecular weight is 354 g/mol. The predicted molar refractivity (Wildman–Crippen MR) is 104 cm³/mol.